The van der Waals surface area contributed by atoms with Crippen LogP contribution in [0.5, 0.6) is 0 Å². The van der Waals surface area contributed by atoms with Crippen molar-refractivity contribution in [2.24, 2.45) is 14.1 Å². The van der Waals surface area contributed by atoms with E-state index in [1.165, 1.54) is 10.4 Å². The smallest absolute Gasteiger partial charge is 0.271 e. The average Bonchev–Trinajstić information content (AvgIpc) is 3.28. The van der Waals surface area contributed by atoms with E-state index in [1.54, 1.807) is 17.8 Å². The molecule has 0 unspecified atom stereocenters. The number of sulfonamides is 1. The Bertz CT molecular complexity index is 941. The van der Waals surface area contributed by atoms with Crippen molar-refractivity contribution < 1.29 is 13.2 Å². The molecule has 0 aliphatic carbocycles. The van der Waals surface area contributed by atoms with Crippen LogP contribution in [-0.4, -0.2) is 52.3 Å². The molecule has 0 saturated carbocycles. The third-order valence-electron chi connectivity index (χ3n) is 5.63. The molecule has 2 aromatic heterocycles. The maximum Gasteiger partial charge on any atom is 0.271 e. The number of likely N-dealkylation sites (tertiary alicyclic amines) is 1. The second-order valence-corrected chi connectivity index (χ2v) is 9.25. The quantitative estimate of drug-likeness (QED) is 0.741. The SMILES string of the molecule is CCN(CC)S(=O)(=O)c1cc(C(=O)N2CCCC[C@H]2c2cccn2C)n(C)c1. The van der Waals surface area contributed by atoms with Crippen LogP contribution in [0, 0.1) is 0 Å². The summed E-state index contributed by atoms with van der Waals surface area (Å²) in [7, 11) is 0.129. The number of aryl methyl sites for hydroxylation is 2. The highest BCUT2D eigenvalue weighted by atomic mass is 32.2. The lowest BCUT2D eigenvalue weighted by Crippen LogP contribution is -2.39. The van der Waals surface area contributed by atoms with Gasteiger partial charge in [-0.3, -0.25) is 4.79 Å². The molecule has 0 radical (unpaired) electrons. The first-order chi connectivity index (χ1) is 13.3. The van der Waals surface area contributed by atoms with E-state index >= 15 is 0 Å². The summed E-state index contributed by atoms with van der Waals surface area (Å²) in [6, 6.07) is 5.58. The number of hydrogen-bond acceptors (Lipinski definition) is 3. The summed E-state index contributed by atoms with van der Waals surface area (Å²) < 4.78 is 30.8. The van der Waals surface area contributed by atoms with Crippen molar-refractivity contribution in [1.29, 1.82) is 0 Å². The molecule has 0 spiro atoms. The van der Waals surface area contributed by atoms with E-state index in [4.69, 9.17) is 0 Å². The van der Waals surface area contributed by atoms with Gasteiger partial charge in [0.15, 0.2) is 0 Å². The zero-order valence-corrected chi connectivity index (χ0v) is 17.9. The first-order valence-corrected chi connectivity index (χ1v) is 11.3. The maximum atomic E-state index is 13.4. The number of hydrogen-bond donors (Lipinski definition) is 0. The third kappa shape index (κ3) is 3.63. The minimum atomic E-state index is -3.59. The molecule has 1 fully saturated rings. The average molecular weight is 407 g/mol. The molecule has 8 heteroatoms. The molecule has 7 nitrogen and oxygen atoms in total. The number of piperidine rings is 1. The molecule has 0 N–H and O–H groups in total. The predicted octanol–water partition coefficient (Wildman–Crippen LogP) is 2.76. The van der Waals surface area contributed by atoms with Gasteiger partial charge in [0.1, 0.15) is 10.6 Å². The number of nitrogens with zero attached hydrogens (tertiary/aromatic N) is 4. The lowest BCUT2D eigenvalue weighted by Gasteiger charge is -2.36. The number of carbonyl (C=O) groups excluding carboxylic acids is 1. The lowest BCUT2D eigenvalue weighted by molar-refractivity contribution is 0.0592. The number of aromatic nitrogens is 2. The molecule has 2 aromatic rings. The predicted molar refractivity (Wildman–Crippen MR) is 109 cm³/mol. The summed E-state index contributed by atoms with van der Waals surface area (Å²) in [5.74, 6) is -0.116. The standard InChI is InChI=1S/C20H30N4O3S/c1-5-23(6-2)28(26,27)16-14-19(22(4)15-16)20(25)24-13-8-7-10-18(24)17-11-9-12-21(17)3/h9,11-12,14-15,18H,5-8,10,13H2,1-4H3/t18-/m0/s1. The normalized spacial score (nSPS) is 18.0. The molecule has 1 saturated heterocycles. The van der Waals surface area contributed by atoms with E-state index in [0.717, 1.165) is 25.0 Å². The van der Waals surface area contributed by atoms with E-state index in [-0.39, 0.29) is 16.8 Å². The van der Waals surface area contributed by atoms with Crippen molar-refractivity contribution in [2.45, 2.75) is 44.0 Å². The Hall–Kier alpha value is -2.06. The van der Waals surface area contributed by atoms with Gasteiger partial charge >= 0.3 is 0 Å². The molecular formula is C20H30N4O3S. The van der Waals surface area contributed by atoms with Gasteiger partial charge in [-0.1, -0.05) is 13.8 Å². The summed E-state index contributed by atoms with van der Waals surface area (Å²) in [4.78, 5) is 15.4. The van der Waals surface area contributed by atoms with Gasteiger partial charge in [0.05, 0.1) is 6.04 Å². The molecule has 1 amide bonds. The van der Waals surface area contributed by atoms with E-state index in [9.17, 15) is 13.2 Å². The Morgan fingerprint density at radius 3 is 2.50 bits per heavy atom. The number of rotatable bonds is 6. The van der Waals surface area contributed by atoms with Gasteiger partial charge in [-0.2, -0.15) is 4.31 Å². The van der Waals surface area contributed by atoms with Crippen LogP contribution in [0.15, 0.2) is 35.5 Å². The van der Waals surface area contributed by atoms with Gasteiger partial charge < -0.3 is 14.0 Å². The molecule has 1 atom stereocenters. The largest absolute Gasteiger partial charge is 0.353 e. The third-order valence-corrected chi connectivity index (χ3v) is 7.65. The van der Waals surface area contributed by atoms with Crippen molar-refractivity contribution in [3.63, 3.8) is 0 Å². The topological polar surface area (TPSA) is 67.6 Å². The van der Waals surface area contributed by atoms with E-state index in [0.29, 0.717) is 25.3 Å². The summed E-state index contributed by atoms with van der Waals surface area (Å²) in [6.45, 7) is 5.11. The van der Waals surface area contributed by atoms with Crippen molar-refractivity contribution in [2.75, 3.05) is 19.6 Å². The van der Waals surface area contributed by atoms with Crippen molar-refractivity contribution in [1.82, 2.24) is 18.3 Å². The minimum absolute atomic E-state index is 0.0130. The highest BCUT2D eigenvalue weighted by molar-refractivity contribution is 7.89. The fourth-order valence-corrected chi connectivity index (χ4v) is 5.58. The summed E-state index contributed by atoms with van der Waals surface area (Å²) >= 11 is 0. The second kappa shape index (κ2) is 8.13. The zero-order chi connectivity index (χ0) is 20.5. The van der Waals surface area contributed by atoms with Crippen LogP contribution in [0.25, 0.3) is 0 Å². The van der Waals surface area contributed by atoms with Crippen molar-refractivity contribution in [3.8, 4) is 0 Å². The highest BCUT2D eigenvalue weighted by Gasteiger charge is 2.32. The van der Waals surface area contributed by atoms with Crippen molar-refractivity contribution in [3.05, 3.63) is 42.0 Å². The van der Waals surface area contributed by atoms with Gasteiger partial charge in [-0.15, -0.1) is 0 Å². The van der Waals surface area contributed by atoms with Crippen LogP contribution in [0.4, 0.5) is 0 Å². The number of carbonyl (C=O) groups is 1. The van der Waals surface area contributed by atoms with Gasteiger partial charge in [0.2, 0.25) is 10.0 Å². The Morgan fingerprint density at radius 2 is 1.89 bits per heavy atom. The van der Waals surface area contributed by atoms with Crippen LogP contribution < -0.4 is 0 Å². The number of amides is 1. The molecule has 154 valence electrons. The Kier molecular flexibility index (Phi) is 6.00. The molecule has 3 rings (SSSR count). The van der Waals surface area contributed by atoms with Gasteiger partial charge in [-0.25, -0.2) is 8.42 Å². The second-order valence-electron chi connectivity index (χ2n) is 7.32. The van der Waals surface area contributed by atoms with Gasteiger partial charge in [-0.05, 0) is 37.5 Å². The van der Waals surface area contributed by atoms with Crippen LogP contribution >= 0.6 is 0 Å². The van der Waals surface area contributed by atoms with Crippen LogP contribution in [-0.2, 0) is 24.1 Å². The summed E-state index contributed by atoms with van der Waals surface area (Å²) in [6.07, 6.45) is 6.49. The van der Waals surface area contributed by atoms with Gasteiger partial charge in [0, 0.05) is 51.8 Å². The molecule has 0 aromatic carbocycles. The zero-order valence-electron chi connectivity index (χ0n) is 17.1. The first kappa shape index (κ1) is 20.7. The molecule has 28 heavy (non-hydrogen) atoms. The molecule has 1 aliphatic heterocycles. The molecule has 1 aliphatic rings. The first-order valence-electron chi connectivity index (χ1n) is 9.90. The van der Waals surface area contributed by atoms with Crippen LogP contribution in [0.1, 0.15) is 55.3 Å². The van der Waals surface area contributed by atoms with Crippen LogP contribution in [0.3, 0.4) is 0 Å². The monoisotopic (exact) mass is 406 g/mol. The lowest BCUT2D eigenvalue weighted by atomic mass is 9.98. The molecular weight excluding hydrogens is 376 g/mol. The summed E-state index contributed by atoms with van der Waals surface area (Å²) in [5, 5.41) is 0. The Morgan fingerprint density at radius 1 is 1.18 bits per heavy atom. The van der Waals surface area contributed by atoms with E-state index in [1.807, 2.05) is 38.1 Å². The van der Waals surface area contributed by atoms with E-state index in [2.05, 4.69) is 10.6 Å². The maximum absolute atomic E-state index is 13.4. The fraction of sp³-hybridized carbons (Fsp3) is 0.550. The fourth-order valence-electron chi connectivity index (χ4n) is 4.05. The van der Waals surface area contributed by atoms with Crippen LogP contribution in [0.2, 0.25) is 0 Å². The van der Waals surface area contributed by atoms with E-state index < -0.39 is 10.0 Å². The van der Waals surface area contributed by atoms with Crippen molar-refractivity contribution >= 4 is 15.9 Å². The summed E-state index contributed by atoms with van der Waals surface area (Å²) in [5.41, 5.74) is 1.52. The molecule has 0 bridgehead atoms. The Balaban J connectivity index is 1.94. The minimum Gasteiger partial charge on any atom is -0.353 e. The highest BCUT2D eigenvalue weighted by Crippen LogP contribution is 2.32. The molecule has 3 heterocycles. The van der Waals surface area contributed by atoms with Gasteiger partial charge in [0.25, 0.3) is 5.91 Å². The Labute approximate surface area is 167 Å².